The van der Waals surface area contributed by atoms with E-state index in [-0.39, 0.29) is 5.82 Å². The first-order valence-electron chi connectivity index (χ1n) is 6.71. The molecule has 3 rings (SSSR count). The van der Waals surface area contributed by atoms with Crippen molar-refractivity contribution < 1.29 is 13.5 Å². The molecule has 6 heteroatoms. The Balaban J connectivity index is 1.71. The van der Waals surface area contributed by atoms with Gasteiger partial charge in [-0.25, -0.2) is 4.39 Å². The summed E-state index contributed by atoms with van der Waals surface area (Å²) in [7, 11) is 1.61. The second-order valence-electron chi connectivity index (χ2n) is 4.56. The van der Waals surface area contributed by atoms with Crippen molar-refractivity contribution in [3.63, 3.8) is 0 Å². The summed E-state index contributed by atoms with van der Waals surface area (Å²) >= 11 is 0. The molecule has 0 fully saturated rings. The molecule has 3 aromatic rings. The summed E-state index contributed by atoms with van der Waals surface area (Å²) in [4.78, 5) is 0. The zero-order chi connectivity index (χ0) is 15.4. The summed E-state index contributed by atoms with van der Waals surface area (Å²) in [5.41, 5.74) is 1.52. The van der Waals surface area contributed by atoms with Crippen LogP contribution >= 0.6 is 0 Å². The van der Waals surface area contributed by atoms with Gasteiger partial charge in [-0.2, -0.15) is 0 Å². The minimum Gasteiger partial charge on any atom is -0.495 e. The number of nitrogens with one attached hydrogen (secondary N) is 1. The number of anilines is 1. The fourth-order valence-electron chi connectivity index (χ4n) is 2.00. The van der Waals surface area contributed by atoms with Crippen LogP contribution in [-0.4, -0.2) is 17.3 Å². The van der Waals surface area contributed by atoms with E-state index in [0.29, 0.717) is 23.9 Å². The topological polar surface area (TPSA) is 60.2 Å². The Bertz CT molecular complexity index is 756. The molecule has 0 radical (unpaired) electrons. The molecule has 0 unspecified atom stereocenters. The molecule has 0 aliphatic rings. The number of para-hydroxylation sites is 2. The molecular weight excluding hydrogens is 285 g/mol. The minimum absolute atomic E-state index is 0.304. The van der Waals surface area contributed by atoms with E-state index in [1.54, 1.807) is 19.2 Å². The average Bonchev–Trinajstić information content (AvgIpc) is 3.03. The number of ether oxygens (including phenoxy) is 1. The number of rotatable bonds is 5. The Labute approximate surface area is 126 Å². The SMILES string of the molecule is COc1ccccc1NCc1nnc(-c2ccc(F)cc2)o1. The first-order chi connectivity index (χ1) is 10.8. The Morgan fingerprint density at radius 3 is 2.64 bits per heavy atom. The summed E-state index contributed by atoms with van der Waals surface area (Å²) in [6, 6.07) is 13.5. The van der Waals surface area contributed by atoms with Gasteiger partial charge in [-0.1, -0.05) is 12.1 Å². The van der Waals surface area contributed by atoms with E-state index >= 15 is 0 Å². The molecule has 5 nitrogen and oxygen atoms in total. The van der Waals surface area contributed by atoms with E-state index in [1.165, 1.54) is 12.1 Å². The Hall–Kier alpha value is -2.89. The molecule has 1 aromatic heterocycles. The maximum absolute atomic E-state index is 12.9. The number of hydrogen-bond acceptors (Lipinski definition) is 5. The lowest BCUT2D eigenvalue weighted by Crippen LogP contribution is -2.01. The highest BCUT2D eigenvalue weighted by atomic mass is 19.1. The second kappa shape index (κ2) is 6.26. The molecule has 0 saturated carbocycles. The Morgan fingerprint density at radius 2 is 1.86 bits per heavy atom. The van der Waals surface area contributed by atoms with Crippen LogP contribution in [0.2, 0.25) is 0 Å². The van der Waals surface area contributed by atoms with Crippen LogP contribution in [0.4, 0.5) is 10.1 Å². The quantitative estimate of drug-likeness (QED) is 0.781. The van der Waals surface area contributed by atoms with Crippen molar-refractivity contribution >= 4 is 5.69 Å². The monoisotopic (exact) mass is 299 g/mol. The van der Waals surface area contributed by atoms with Gasteiger partial charge in [0.1, 0.15) is 11.6 Å². The van der Waals surface area contributed by atoms with Crippen molar-refractivity contribution in [1.82, 2.24) is 10.2 Å². The van der Waals surface area contributed by atoms with Crippen molar-refractivity contribution in [3.8, 4) is 17.2 Å². The molecule has 0 amide bonds. The van der Waals surface area contributed by atoms with Crippen LogP contribution < -0.4 is 10.1 Å². The van der Waals surface area contributed by atoms with Gasteiger partial charge in [0.2, 0.25) is 11.8 Å². The smallest absolute Gasteiger partial charge is 0.247 e. The number of benzene rings is 2. The summed E-state index contributed by atoms with van der Waals surface area (Å²) in [6.07, 6.45) is 0. The summed E-state index contributed by atoms with van der Waals surface area (Å²) < 4.78 is 23.7. The number of aromatic nitrogens is 2. The van der Waals surface area contributed by atoms with Crippen molar-refractivity contribution in [2.45, 2.75) is 6.54 Å². The van der Waals surface area contributed by atoms with E-state index in [0.717, 1.165) is 11.4 Å². The lowest BCUT2D eigenvalue weighted by molar-refractivity contribution is 0.416. The van der Waals surface area contributed by atoms with E-state index in [9.17, 15) is 4.39 Å². The molecule has 1 heterocycles. The number of halogens is 1. The van der Waals surface area contributed by atoms with Gasteiger partial charge < -0.3 is 14.5 Å². The Morgan fingerprint density at radius 1 is 1.09 bits per heavy atom. The lowest BCUT2D eigenvalue weighted by Gasteiger charge is -2.08. The van der Waals surface area contributed by atoms with E-state index in [1.807, 2.05) is 24.3 Å². The van der Waals surface area contributed by atoms with E-state index in [4.69, 9.17) is 9.15 Å². The molecule has 0 aliphatic heterocycles. The fraction of sp³-hybridized carbons (Fsp3) is 0.125. The maximum atomic E-state index is 12.9. The number of nitrogens with zero attached hydrogens (tertiary/aromatic N) is 2. The first-order valence-corrected chi connectivity index (χ1v) is 6.71. The van der Waals surface area contributed by atoms with Gasteiger partial charge in [0.05, 0.1) is 19.3 Å². The van der Waals surface area contributed by atoms with Crippen molar-refractivity contribution in [2.24, 2.45) is 0 Å². The van der Waals surface area contributed by atoms with Gasteiger partial charge >= 0.3 is 0 Å². The third-order valence-corrected chi connectivity index (χ3v) is 3.10. The molecule has 0 saturated heterocycles. The van der Waals surface area contributed by atoms with Crippen molar-refractivity contribution in [2.75, 3.05) is 12.4 Å². The van der Waals surface area contributed by atoms with Crippen LogP contribution in [0, 0.1) is 5.82 Å². The van der Waals surface area contributed by atoms with Gasteiger partial charge in [-0.05, 0) is 36.4 Å². The van der Waals surface area contributed by atoms with Gasteiger partial charge in [-0.15, -0.1) is 10.2 Å². The van der Waals surface area contributed by atoms with Gasteiger partial charge in [0.15, 0.2) is 0 Å². The van der Waals surface area contributed by atoms with Gasteiger partial charge in [0.25, 0.3) is 0 Å². The van der Waals surface area contributed by atoms with Crippen LogP contribution in [0.1, 0.15) is 5.89 Å². The van der Waals surface area contributed by atoms with Crippen LogP contribution in [0.25, 0.3) is 11.5 Å². The maximum Gasteiger partial charge on any atom is 0.247 e. The molecule has 112 valence electrons. The third-order valence-electron chi connectivity index (χ3n) is 3.10. The standard InChI is InChI=1S/C16H14FN3O2/c1-21-14-5-3-2-4-13(14)18-10-15-19-20-16(22-15)11-6-8-12(17)9-7-11/h2-9,18H,10H2,1H3. The lowest BCUT2D eigenvalue weighted by atomic mass is 10.2. The predicted octanol–water partition coefficient (Wildman–Crippen LogP) is 3.50. The molecule has 1 N–H and O–H groups in total. The molecule has 22 heavy (non-hydrogen) atoms. The number of methoxy groups -OCH3 is 1. The molecular formula is C16H14FN3O2. The first kappa shape index (κ1) is 14.1. The van der Waals surface area contributed by atoms with E-state index < -0.39 is 0 Å². The van der Waals surface area contributed by atoms with Crippen LogP contribution in [0.15, 0.2) is 52.9 Å². The molecule has 0 bridgehead atoms. The average molecular weight is 299 g/mol. The highest BCUT2D eigenvalue weighted by Gasteiger charge is 2.09. The molecule has 0 spiro atoms. The largest absolute Gasteiger partial charge is 0.495 e. The zero-order valence-corrected chi connectivity index (χ0v) is 11.9. The van der Waals surface area contributed by atoms with Crippen LogP contribution in [0.3, 0.4) is 0 Å². The highest BCUT2D eigenvalue weighted by molar-refractivity contribution is 5.56. The highest BCUT2D eigenvalue weighted by Crippen LogP contribution is 2.24. The van der Waals surface area contributed by atoms with Gasteiger partial charge in [-0.3, -0.25) is 0 Å². The van der Waals surface area contributed by atoms with E-state index in [2.05, 4.69) is 15.5 Å². The van der Waals surface area contributed by atoms with Crippen molar-refractivity contribution in [1.29, 1.82) is 0 Å². The predicted molar refractivity (Wildman–Crippen MR) is 80.0 cm³/mol. The fourth-order valence-corrected chi connectivity index (χ4v) is 2.00. The summed E-state index contributed by atoms with van der Waals surface area (Å²) in [5.74, 6) is 1.23. The Kier molecular flexibility index (Phi) is 4.00. The molecule has 0 aliphatic carbocycles. The normalized spacial score (nSPS) is 10.5. The third kappa shape index (κ3) is 3.06. The molecule has 2 aromatic carbocycles. The number of hydrogen-bond donors (Lipinski definition) is 1. The summed E-state index contributed by atoms with van der Waals surface area (Å²) in [5, 5.41) is 11.1. The van der Waals surface area contributed by atoms with Crippen LogP contribution in [-0.2, 0) is 6.54 Å². The second-order valence-corrected chi connectivity index (χ2v) is 4.56. The van der Waals surface area contributed by atoms with Crippen molar-refractivity contribution in [3.05, 3.63) is 60.2 Å². The van der Waals surface area contributed by atoms with Gasteiger partial charge in [0, 0.05) is 5.56 Å². The summed E-state index contributed by atoms with van der Waals surface area (Å²) in [6.45, 7) is 0.370. The molecule has 0 atom stereocenters. The minimum atomic E-state index is -0.304. The van der Waals surface area contributed by atoms with Crippen LogP contribution in [0.5, 0.6) is 5.75 Å². The zero-order valence-electron chi connectivity index (χ0n) is 11.9.